The van der Waals surface area contributed by atoms with Crippen molar-refractivity contribution < 1.29 is 4.79 Å². The summed E-state index contributed by atoms with van der Waals surface area (Å²) in [5.41, 5.74) is 10.7. The van der Waals surface area contributed by atoms with Crippen LogP contribution in [0, 0.1) is 20.8 Å². The Morgan fingerprint density at radius 1 is 1.00 bits per heavy atom. The molecule has 1 amide bonds. The molecule has 3 aliphatic rings. The number of nitrogens with zero attached hydrogens (tertiary/aromatic N) is 5. The number of carbonyl (C=O) groups excluding carboxylic acids is 1. The molecule has 3 saturated heterocycles. The van der Waals surface area contributed by atoms with Gasteiger partial charge >= 0.3 is 0 Å². The molecule has 2 aromatic rings. The number of anilines is 2. The van der Waals surface area contributed by atoms with Crippen molar-refractivity contribution in [1.82, 2.24) is 25.7 Å². The number of carbonyl (C=O) groups is 1. The van der Waals surface area contributed by atoms with Gasteiger partial charge in [0.25, 0.3) is 5.91 Å². The molecule has 0 radical (unpaired) electrons. The van der Waals surface area contributed by atoms with E-state index in [0.29, 0.717) is 12.1 Å². The molecule has 0 spiro atoms. The third-order valence-electron chi connectivity index (χ3n) is 6.09. The quantitative estimate of drug-likeness (QED) is 0.731. The van der Waals surface area contributed by atoms with Crippen LogP contribution < -0.4 is 20.9 Å². The van der Waals surface area contributed by atoms with E-state index in [0.717, 1.165) is 48.0 Å². The highest BCUT2D eigenvalue weighted by Gasteiger charge is 2.42. The molecule has 8 nitrogen and oxygen atoms in total. The van der Waals surface area contributed by atoms with Crippen LogP contribution in [0.1, 0.15) is 40.2 Å². The maximum Gasteiger partial charge on any atom is 0.256 e. The van der Waals surface area contributed by atoms with E-state index in [2.05, 4.69) is 30.6 Å². The topological polar surface area (TPSA) is 76.6 Å². The van der Waals surface area contributed by atoms with Crippen molar-refractivity contribution in [3.05, 3.63) is 46.8 Å². The number of piperazine rings is 1. The van der Waals surface area contributed by atoms with Crippen molar-refractivity contribution in [2.45, 2.75) is 45.7 Å². The van der Waals surface area contributed by atoms with E-state index in [-0.39, 0.29) is 18.0 Å². The Balaban J connectivity index is 1.60. The molecule has 5 rings (SSSR count). The van der Waals surface area contributed by atoms with E-state index in [9.17, 15) is 4.79 Å². The first kappa shape index (κ1) is 20.6. The molecular weight excluding hydrogens is 378 g/mol. The summed E-state index contributed by atoms with van der Waals surface area (Å²) in [6.45, 7) is 7.51. The van der Waals surface area contributed by atoms with Crippen LogP contribution in [0.5, 0.6) is 0 Å². The van der Waals surface area contributed by atoms with Crippen LogP contribution in [0.2, 0.25) is 0 Å². The normalized spacial score (nSPS) is 20.6. The number of amides is 1. The fraction of sp³-hybridized carbons (Fsp3) is 0.500. The third kappa shape index (κ3) is 3.73. The lowest BCUT2D eigenvalue weighted by atomic mass is 9.90. The average molecular weight is 410 g/mol. The number of hydrogen-bond acceptors (Lipinski definition) is 7. The molecule has 3 fully saturated rings. The highest BCUT2D eigenvalue weighted by molar-refractivity contribution is 6.00. The van der Waals surface area contributed by atoms with Gasteiger partial charge in [0, 0.05) is 50.7 Å². The molecule has 1 aromatic carbocycles. The van der Waals surface area contributed by atoms with Crippen LogP contribution in [0.3, 0.4) is 0 Å². The number of hydrazine groups is 2. The molecular formula is C22H31N7O. The van der Waals surface area contributed by atoms with Crippen molar-refractivity contribution >= 4 is 17.5 Å². The summed E-state index contributed by atoms with van der Waals surface area (Å²) in [4.78, 5) is 27.3. The molecule has 1 aromatic heterocycles. The Bertz CT molecular complexity index is 923. The maximum atomic E-state index is 13.6. The number of aryl methyl sites for hydroxylation is 3. The Morgan fingerprint density at radius 2 is 1.67 bits per heavy atom. The van der Waals surface area contributed by atoms with Crippen molar-refractivity contribution in [2.75, 3.05) is 37.2 Å². The van der Waals surface area contributed by atoms with E-state index >= 15 is 0 Å². The van der Waals surface area contributed by atoms with Crippen molar-refractivity contribution in [3.63, 3.8) is 0 Å². The second-order valence-corrected chi connectivity index (χ2v) is 8.25. The summed E-state index contributed by atoms with van der Waals surface area (Å²) in [6, 6.07) is 8.39. The van der Waals surface area contributed by atoms with Crippen molar-refractivity contribution in [1.29, 1.82) is 0 Å². The van der Waals surface area contributed by atoms with E-state index in [1.165, 1.54) is 0 Å². The van der Waals surface area contributed by atoms with E-state index in [4.69, 9.17) is 0 Å². The van der Waals surface area contributed by atoms with Crippen LogP contribution in [-0.4, -0.2) is 60.0 Å². The summed E-state index contributed by atoms with van der Waals surface area (Å²) in [6.07, 6.45) is 2.07. The number of nitrogens with one attached hydrogen (secondary N) is 2. The second kappa shape index (κ2) is 8.20. The molecule has 30 heavy (non-hydrogen) atoms. The van der Waals surface area contributed by atoms with Gasteiger partial charge < -0.3 is 9.80 Å². The summed E-state index contributed by atoms with van der Waals surface area (Å²) >= 11 is 0. The van der Waals surface area contributed by atoms with Gasteiger partial charge in [0.1, 0.15) is 0 Å². The van der Waals surface area contributed by atoms with Gasteiger partial charge in [-0.3, -0.25) is 4.79 Å². The molecule has 8 heteroatoms. The number of piperidine rings is 2. The zero-order valence-corrected chi connectivity index (χ0v) is 18.4. The molecule has 2 bridgehead atoms. The van der Waals surface area contributed by atoms with Crippen LogP contribution >= 0.6 is 0 Å². The number of fused-ring (bicyclic) bond motifs is 3. The molecule has 2 unspecified atom stereocenters. The fourth-order valence-electron chi connectivity index (χ4n) is 4.68. The largest absolute Gasteiger partial charge is 0.334 e. The summed E-state index contributed by atoms with van der Waals surface area (Å²) in [5.74, 6) is 0.877. The molecule has 0 saturated carbocycles. The standard InChI is InChI=1S/C22H31N7O/c1-14-6-9-20(29(23-4)24-5)19(10-14)21(30)27-12-18-8-7-17(27)13-28(18)22-25-15(2)11-16(3)26-22/h6,9-11,17-18,23-24H,7-8,12-13H2,1-5H3. The number of benzene rings is 1. The number of aromatic nitrogens is 2. The van der Waals surface area contributed by atoms with Crippen molar-refractivity contribution in [2.24, 2.45) is 0 Å². The lowest BCUT2D eigenvalue weighted by Gasteiger charge is -2.51. The lowest BCUT2D eigenvalue weighted by Crippen LogP contribution is -2.64. The van der Waals surface area contributed by atoms with Gasteiger partial charge in [-0.05, 0) is 51.8 Å². The van der Waals surface area contributed by atoms with Gasteiger partial charge in [-0.15, -0.1) is 0 Å². The molecule has 2 N–H and O–H groups in total. The summed E-state index contributed by atoms with van der Waals surface area (Å²) in [5, 5.41) is 1.77. The Labute approximate surface area is 178 Å². The first-order chi connectivity index (χ1) is 14.4. The van der Waals surface area contributed by atoms with Crippen LogP contribution in [0.25, 0.3) is 0 Å². The van der Waals surface area contributed by atoms with Gasteiger partial charge in [0.15, 0.2) is 0 Å². The fourth-order valence-corrected chi connectivity index (χ4v) is 4.68. The molecule has 4 heterocycles. The minimum atomic E-state index is 0.0832. The Kier molecular flexibility index (Phi) is 5.62. The minimum Gasteiger partial charge on any atom is -0.334 e. The SMILES string of the molecule is CNN(NC)c1ccc(C)cc1C(=O)N1CC2CCC1CN2c1nc(C)cc(C)n1. The van der Waals surface area contributed by atoms with Gasteiger partial charge in [-0.2, -0.15) is 0 Å². The van der Waals surface area contributed by atoms with Gasteiger partial charge in [0.05, 0.1) is 11.3 Å². The lowest BCUT2D eigenvalue weighted by molar-refractivity contribution is 0.0503. The second-order valence-electron chi connectivity index (χ2n) is 8.25. The molecule has 2 atom stereocenters. The predicted octanol–water partition coefficient (Wildman–Crippen LogP) is 1.97. The maximum absolute atomic E-state index is 13.6. The smallest absolute Gasteiger partial charge is 0.256 e. The highest BCUT2D eigenvalue weighted by atomic mass is 16.2. The zero-order chi connectivity index (χ0) is 21.4. The van der Waals surface area contributed by atoms with Crippen molar-refractivity contribution in [3.8, 4) is 0 Å². The van der Waals surface area contributed by atoms with Gasteiger partial charge in [-0.25, -0.2) is 25.9 Å². The van der Waals surface area contributed by atoms with Crippen LogP contribution in [-0.2, 0) is 0 Å². The van der Waals surface area contributed by atoms with Gasteiger partial charge in [-0.1, -0.05) is 11.6 Å². The molecule has 0 aliphatic carbocycles. The number of hydrogen-bond donors (Lipinski definition) is 2. The van der Waals surface area contributed by atoms with Gasteiger partial charge in [0.2, 0.25) is 5.95 Å². The van der Waals surface area contributed by atoms with Crippen LogP contribution in [0.4, 0.5) is 11.6 Å². The molecule has 3 aliphatic heterocycles. The first-order valence-corrected chi connectivity index (χ1v) is 10.6. The van der Waals surface area contributed by atoms with E-state index in [1.54, 1.807) is 5.12 Å². The summed E-state index contributed by atoms with van der Waals surface area (Å²) in [7, 11) is 3.66. The zero-order valence-electron chi connectivity index (χ0n) is 18.4. The Morgan fingerprint density at radius 3 is 2.27 bits per heavy atom. The monoisotopic (exact) mass is 409 g/mol. The Hall–Kier alpha value is -2.71. The minimum absolute atomic E-state index is 0.0832. The van der Waals surface area contributed by atoms with Crippen LogP contribution in [0.15, 0.2) is 24.3 Å². The van der Waals surface area contributed by atoms with E-state index in [1.807, 2.05) is 59.1 Å². The third-order valence-corrected chi connectivity index (χ3v) is 6.09. The average Bonchev–Trinajstić information content (AvgIpc) is 2.74. The number of rotatable bonds is 5. The van der Waals surface area contributed by atoms with E-state index < -0.39 is 0 Å². The predicted molar refractivity (Wildman–Crippen MR) is 118 cm³/mol. The highest BCUT2D eigenvalue weighted by Crippen LogP contribution is 2.33. The molecule has 160 valence electrons. The first-order valence-electron chi connectivity index (χ1n) is 10.6. The summed E-state index contributed by atoms with van der Waals surface area (Å²) < 4.78 is 0.